The third-order valence-electron chi connectivity index (χ3n) is 4.67. The predicted octanol–water partition coefficient (Wildman–Crippen LogP) is 5.48. The van der Waals surface area contributed by atoms with Crippen molar-refractivity contribution in [1.29, 1.82) is 0 Å². The number of ether oxygens (including phenoxy) is 2. The Balaban J connectivity index is 1.54. The van der Waals surface area contributed by atoms with Crippen LogP contribution >= 0.6 is 11.3 Å². The fraction of sp³-hybridized carbons (Fsp3) is 0.286. The summed E-state index contributed by atoms with van der Waals surface area (Å²) >= 11 is 1.49. The van der Waals surface area contributed by atoms with Gasteiger partial charge in [0, 0.05) is 16.5 Å². The summed E-state index contributed by atoms with van der Waals surface area (Å²) in [7, 11) is 1.63. The van der Waals surface area contributed by atoms with E-state index >= 15 is 0 Å². The van der Waals surface area contributed by atoms with Gasteiger partial charge >= 0.3 is 0 Å². The minimum absolute atomic E-state index is 0.108. The molecule has 1 heterocycles. The maximum absolute atomic E-state index is 12.6. The zero-order valence-electron chi connectivity index (χ0n) is 14.7. The van der Waals surface area contributed by atoms with Gasteiger partial charge in [0.25, 0.3) is 5.91 Å². The Morgan fingerprint density at radius 2 is 1.88 bits per heavy atom. The summed E-state index contributed by atoms with van der Waals surface area (Å²) in [5, 5.41) is 4.06. The molecular weight excluding hydrogens is 346 g/mol. The molecule has 1 fully saturated rings. The van der Waals surface area contributed by atoms with Crippen molar-refractivity contribution in [3.63, 3.8) is 0 Å². The van der Waals surface area contributed by atoms with Crippen LogP contribution in [0.4, 0.5) is 5.69 Å². The first-order chi connectivity index (χ1) is 12.7. The first-order valence-corrected chi connectivity index (χ1v) is 9.69. The average molecular weight is 367 g/mol. The molecule has 134 valence electrons. The number of carbonyl (C=O) groups excluding carboxylic acids is 1. The third-order valence-corrected chi connectivity index (χ3v) is 5.78. The molecule has 1 aliphatic rings. The first-order valence-electron chi connectivity index (χ1n) is 8.87. The highest BCUT2D eigenvalue weighted by Crippen LogP contribution is 2.34. The molecule has 5 heteroatoms. The van der Waals surface area contributed by atoms with Crippen molar-refractivity contribution in [2.24, 2.45) is 0 Å². The molecule has 0 unspecified atom stereocenters. The fourth-order valence-corrected chi connectivity index (χ4v) is 4.28. The largest absolute Gasteiger partial charge is 0.493 e. The lowest BCUT2D eigenvalue weighted by Crippen LogP contribution is -2.13. The van der Waals surface area contributed by atoms with Crippen LogP contribution in [0.15, 0.2) is 48.5 Å². The second-order valence-electron chi connectivity index (χ2n) is 6.49. The van der Waals surface area contributed by atoms with Crippen molar-refractivity contribution in [2.75, 3.05) is 12.4 Å². The van der Waals surface area contributed by atoms with Gasteiger partial charge in [-0.05, 0) is 55.3 Å². The lowest BCUT2D eigenvalue weighted by atomic mass is 10.2. The lowest BCUT2D eigenvalue weighted by molar-refractivity contribution is 0.103. The van der Waals surface area contributed by atoms with Crippen molar-refractivity contribution in [2.45, 2.75) is 31.8 Å². The summed E-state index contributed by atoms with van der Waals surface area (Å²) in [6.07, 6.45) is 4.78. The normalized spacial score (nSPS) is 14.5. The van der Waals surface area contributed by atoms with Crippen LogP contribution in [0.1, 0.15) is 35.4 Å². The molecule has 0 radical (unpaired) electrons. The molecule has 3 aromatic rings. The smallest absolute Gasteiger partial charge is 0.265 e. The highest BCUT2D eigenvalue weighted by atomic mass is 32.1. The summed E-state index contributed by atoms with van der Waals surface area (Å²) in [4.78, 5) is 13.3. The topological polar surface area (TPSA) is 47.6 Å². The minimum atomic E-state index is -0.108. The van der Waals surface area contributed by atoms with Crippen molar-refractivity contribution >= 4 is 33.0 Å². The van der Waals surface area contributed by atoms with Gasteiger partial charge in [0.1, 0.15) is 0 Å². The molecule has 0 saturated heterocycles. The van der Waals surface area contributed by atoms with Gasteiger partial charge in [-0.2, -0.15) is 0 Å². The number of hydrogen-bond acceptors (Lipinski definition) is 4. The monoisotopic (exact) mass is 367 g/mol. The van der Waals surface area contributed by atoms with Gasteiger partial charge in [-0.3, -0.25) is 4.79 Å². The van der Waals surface area contributed by atoms with Crippen LogP contribution in [0.25, 0.3) is 10.1 Å². The molecule has 1 N–H and O–H groups in total. The fourth-order valence-electron chi connectivity index (χ4n) is 3.32. The van der Waals surface area contributed by atoms with Crippen molar-refractivity contribution in [3.05, 3.63) is 53.4 Å². The molecule has 1 saturated carbocycles. The van der Waals surface area contributed by atoms with E-state index < -0.39 is 0 Å². The molecule has 0 atom stereocenters. The minimum Gasteiger partial charge on any atom is -0.493 e. The standard InChI is InChI=1S/C21H21NO3S/c1-24-17-11-10-15(13-18(17)25-16-7-3-4-8-16)22-21(23)20-12-14-6-2-5-9-19(14)26-20/h2,5-6,9-13,16H,3-4,7-8H2,1H3,(H,22,23). The summed E-state index contributed by atoms with van der Waals surface area (Å²) < 4.78 is 12.6. The van der Waals surface area contributed by atoms with E-state index in [1.54, 1.807) is 7.11 Å². The predicted molar refractivity (Wildman–Crippen MR) is 106 cm³/mol. The number of carbonyl (C=O) groups is 1. The van der Waals surface area contributed by atoms with Crippen LogP contribution in [0.5, 0.6) is 11.5 Å². The van der Waals surface area contributed by atoms with E-state index in [4.69, 9.17) is 9.47 Å². The SMILES string of the molecule is COc1ccc(NC(=O)c2cc3ccccc3s2)cc1OC1CCCC1. The Morgan fingerprint density at radius 1 is 1.08 bits per heavy atom. The lowest BCUT2D eigenvalue weighted by Gasteiger charge is -2.17. The van der Waals surface area contributed by atoms with E-state index in [-0.39, 0.29) is 12.0 Å². The molecule has 1 amide bonds. The number of nitrogens with one attached hydrogen (secondary N) is 1. The molecule has 0 bridgehead atoms. The molecule has 1 aromatic heterocycles. The van der Waals surface area contributed by atoms with Gasteiger partial charge < -0.3 is 14.8 Å². The Hall–Kier alpha value is -2.53. The Morgan fingerprint density at radius 3 is 2.65 bits per heavy atom. The summed E-state index contributed by atoms with van der Waals surface area (Å²) in [6.45, 7) is 0. The van der Waals surface area contributed by atoms with Crippen molar-refractivity contribution in [1.82, 2.24) is 0 Å². The van der Waals surface area contributed by atoms with Gasteiger partial charge in [-0.15, -0.1) is 11.3 Å². The molecule has 4 rings (SSSR count). The molecule has 26 heavy (non-hydrogen) atoms. The molecule has 0 aliphatic heterocycles. The molecule has 0 spiro atoms. The molecule has 1 aliphatic carbocycles. The van der Waals surface area contributed by atoms with Gasteiger partial charge in [0.05, 0.1) is 18.1 Å². The van der Waals surface area contributed by atoms with Crippen LogP contribution in [-0.4, -0.2) is 19.1 Å². The Labute approximate surface area is 156 Å². The summed E-state index contributed by atoms with van der Waals surface area (Å²) in [6, 6.07) is 15.5. The van der Waals surface area contributed by atoms with Crippen molar-refractivity contribution < 1.29 is 14.3 Å². The van der Waals surface area contributed by atoms with Gasteiger partial charge in [-0.1, -0.05) is 18.2 Å². The second-order valence-corrected chi connectivity index (χ2v) is 7.58. The number of amides is 1. The van der Waals surface area contributed by atoms with Crippen LogP contribution in [0.2, 0.25) is 0 Å². The Kier molecular flexibility index (Phi) is 4.80. The maximum Gasteiger partial charge on any atom is 0.265 e. The number of benzene rings is 2. The van der Waals surface area contributed by atoms with Gasteiger partial charge in [0.2, 0.25) is 0 Å². The number of hydrogen-bond donors (Lipinski definition) is 1. The summed E-state index contributed by atoms with van der Waals surface area (Å²) in [5.41, 5.74) is 0.709. The van der Waals surface area contributed by atoms with E-state index in [9.17, 15) is 4.79 Å². The van der Waals surface area contributed by atoms with Crippen LogP contribution in [0.3, 0.4) is 0 Å². The van der Waals surface area contributed by atoms with E-state index in [1.807, 2.05) is 48.5 Å². The summed E-state index contributed by atoms with van der Waals surface area (Å²) in [5.74, 6) is 1.27. The number of anilines is 1. The van der Waals surface area contributed by atoms with E-state index in [2.05, 4.69) is 5.32 Å². The number of thiophene rings is 1. The van der Waals surface area contributed by atoms with E-state index in [0.717, 1.165) is 22.9 Å². The highest BCUT2D eigenvalue weighted by Gasteiger charge is 2.19. The quantitative estimate of drug-likeness (QED) is 0.649. The Bertz CT molecular complexity index is 895. The maximum atomic E-state index is 12.6. The van der Waals surface area contributed by atoms with Crippen LogP contribution < -0.4 is 14.8 Å². The zero-order valence-corrected chi connectivity index (χ0v) is 15.5. The second kappa shape index (κ2) is 7.38. The number of methoxy groups -OCH3 is 1. The molecule has 4 nitrogen and oxygen atoms in total. The van der Waals surface area contributed by atoms with Crippen LogP contribution in [-0.2, 0) is 0 Å². The third kappa shape index (κ3) is 3.53. The number of fused-ring (bicyclic) bond motifs is 1. The van der Waals surface area contributed by atoms with E-state index in [1.165, 1.54) is 24.2 Å². The van der Waals surface area contributed by atoms with Crippen LogP contribution in [0, 0.1) is 0 Å². The highest BCUT2D eigenvalue weighted by molar-refractivity contribution is 7.20. The molecule has 2 aromatic carbocycles. The van der Waals surface area contributed by atoms with Gasteiger partial charge in [-0.25, -0.2) is 0 Å². The zero-order chi connectivity index (χ0) is 17.9. The first kappa shape index (κ1) is 16.9. The van der Waals surface area contributed by atoms with E-state index in [0.29, 0.717) is 22.1 Å². The number of rotatable bonds is 5. The van der Waals surface area contributed by atoms with Crippen molar-refractivity contribution in [3.8, 4) is 11.5 Å². The average Bonchev–Trinajstić information content (AvgIpc) is 3.31. The molecular formula is C21H21NO3S. The van der Waals surface area contributed by atoms with Gasteiger partial charge in [0.15, 0.2) is 11.5 Å².